The van der Waals surface area contributed by atoms with Crippen LogP contribution in [0.15, 0.2) is 12.4 Å². The molecule has 72 valence electrons. The number of rotatable bonds is 1. The summed E-state index contributed by atoms with van der Waals surface area (Å²) in [7, 11) is 0. The lowest BCUT2D eigenvalue weighted by molar-refractivity contribution is 0.0944. The second-order valence-electron chi connectivity index (χ2n) is 3.83. The van der Waals surface area contributed by atoms with Crippen LogP contribution in [0.1, 0.15) is 31.5 Å². The van der Waals surface area contributed by atoms with Crippen molar-refractivity contribution in [3.05, 3.63) is 18.2 Å². The Hall–Kier alpha value is -0.870. The highest BCUT2D eigenvalue weighted by Crippen LogP contribution is 2.32. The van der Waals surface area contributed by atoms with Crippen molar-refractivity contribution in [2.75, 3.05) is 0 Å². The number of nitrogens with two attached hydrogens (primary N) is 1. The molecule has 4 heteroatoms. The highest BCUT2D eigenvalue weighted by Gasteiger charge is 2.34. The fraction of sp³-hybridized carbons (Fsp3) is 0.667. The van der Waals surface area contributed by atoms with Gasteiger partial charge in [-0.05, 0) is 25.7 Å². The number of nitrogens with one attached hydrogen (secondary N) is 1. The van der Waals surface area contributed by atoms with Gasteiger partial charge in [-0.25, -0.2) is 4.98 Å². The van der Waals surface area contributed by atoms with Crippen molar-refractivity contribution in [2.24, 2.45) is 5.73 Å². The maximum atomic E-state index is 9.35. The molecule has 2 rings (SSSR count). The Bertz CT molecular complexity index is 262. The van der Waals surface area contributed by atoms with Crippen LogP contribution in [0.5, 0.6) is 0 Å². The number of aliphatic hydroxyl groups excluding tert-OH is 1. The molecule has 0 aliphatic heterocycles. The molecule has 13 heavy (non-hydrogen) atoms. The third-order valence-electron chi connectivity index (χ3n) is 2.82. The van der Waals surface area contributed by atoms with E-state index in [0.29, 0.717) is 0 Å². The van der Waals surface area contributed by atoms with Crippen molar-refractivity contribution in [3.63, 3.8) is 0 Å². The predicted molar refractivity (Wildman–Crippen MR) is 48.9 cm³/mol. The van der Waals surface area contributed by atoms with E-state index in [-0.39, 0.29) is 11.6 Å². The number of imidazole rings is 1. The zero-order valence-electron chi connectivity index (χ0n) is 7.53. The standard InChI is InChI=1S/C9H15N3O/c10-9(8-11-5-6-12-8)3-1-7(13)2-4-9/h5-7,13H,1-4,10H2,(H,11,12). The lowest BCUT2D eigenvalue weighted by atomic mass is 9.81. The third kappa shape index (κ3) is 1.59. The summed E-state index contributed by atoms with van der Waals surface area (Å²) in [4.78, 5) is 7.22. The average molecular weight is 181 g/mol. The molecule has 1 aromatic rings. The molecular formula is C9H15N3O. The van der Waals surface area contributed by atoms with E-state index in [1.165, 1.54) is 0 Å². The lowest BCUT2D eigenvalue weighted by Crippen LogP contribution is -2.42. The molecule has 0 atom stereocenters. The SMILES string of the molecule is NC1(c2ncc[nH]2)CCC(O)CC1. The van der Waals surface area contributed by atoms with Crippen LogP contribution in [-0.4, -0.2) is 21.2 Å². The highest BCUT2D eigenvalue weighted by molar-refractivity contribution is 5.07. The number of nitrogens with zero attached hydrogens (tertiary/aromatic N) is 1. The summed E-state index contributed by atoms with van der Waals surface area (Å²) < 4.78 is 0. The fourth-order valence-electron chi connectivity index (χ4n) is 1.89. The quantitative estimate of drug-likeness (QED) is 0.590. The Morgan fingerprint density at radius 3 is 2.77 bits per heavy atom. The average Bonchev–Trinajstić information content (AvgIpc) is 2.63. The molecule has 1 heterocycles. The molecule has 0 unspecified atom stereocenters. The number of aromatic nitrogens is 2. The molecule has 4 N–H and O–H groups in total. The first kappa shape index (κ1) is 8.72. The van der Waals surface area contributed by atoms with E-state index in [4.69, 9.17) is 5.73 Å². The van der Waals surface area contributed by atoms with Crippen LogP contribution in [0.2, 0.25) is 0 Å². The second kappa shape index (κ2) is 3.12. The zero-order valence-corrected chi connectivity index (χ0v) is 7.53. The van der Waals surface area contributed by atoms with Crippen LogP contribution in [0.25, 0.3) is 0 Å². The van der Waals surface area contributed by atoms with Gasteiger partial charge in [-0.3, -0.25) is 0 Å². The van der Waals surface area contributed by atoms with Crippen molar-refractivity contribution >= 4 is 0 Å². The Kier molecular flexibility index (Phi) is 2.09. The minimum absolute atomic E-state index is 0.174. The van der Waals surface area contributed by atoms with Crippen LogP contribution in [0.4, 0.5) is 0 Å². The van der Waals surface area contributed by atoms with Crippen LogP contribution in [-0.2, 0) is 5.54 Å². The van der Waals surface area contributed by atoms with Gasteiger partial charge >= 0.3 is 0 Å². The van der Waals surface area contributed by atoms with Crippen molar-refractivity contribution in [3.8, 4) is 0 Å². The van der Waals surface area contributed by atoms with Gasteiger partial charge in [0, 0.05) is 12.4 Å². The minimum atomic E-state index is -0.345. The molecule has 0 amide bonds. The molecule has 0 bridgehead atoms. The third-order valence-corrected chi connectivity index (χ3v) is 2.82. The van der Waals surface area contributed by atoms with Gasteiger partial charge in [0.1, 0.15) is 5.82 Å². The van der Waals surface area contributed by atoms with Gasteiger partial charge in [-0.1, -0.05) is 0 Å². The van der Waals surface area contributed by atoms with E-state index in [9.17, 15) is 5.11 Å². The molecule has 1 fully saturated rings. The maximum Gasteiger partial charge on any atom is 0.126 e. The number of H-pyrrole nitrogens is 1. The van der Waals surface area contributed by atoms with Crippen LogP contribution < -0.4 is 5.73 Å². The molecular weight excluding hydrogens is 166 g/mol. The molecule has 1 aliphatic carbocycles. The van der Waals surface area contributed by atoms with E-state index in [0.717, 1.165) is 31.5 Å². The first-order valence-electron chi connectivity index (χ1n) is 4.67. The fourth-order valence-corrected chi connectivity index (χ4v) is 1.89. The van der Waals surface area contributed by atoms with Gasteiger partial charge in [0.2, 0.25) is 0 Å². The van der Waals surface area contributed by atoms with E-state index < -0.39 is 0 Å². The Morgan fingerprint density at radius 2 is 2.23 bits per heavy atom. The Morgan fingerprint density at radius 1 is 1.54 bits per heavy atom. The number of hydrogen-bond donors (Lipinski definition) is 3. The first-order chi connectivity index (χ1) is 6.21. The molecule has 4 nitrogen and oxygen atoms in total. The van der Waals surface area contributed by atoms with Gasteiger partial charge in [0.25, 0.3) is 0 Å². The summed E-state index contributed by atoms with van der Waals surface area (Å²) in [6.07, 6.45) is 6.49. The molecule has 1 aromatic heterocycles. The second-order valence-corrected chi connectivity index (χ2v) is 3.83. The van der Waals surface area contributed by atoms with Crippen molar-refractivity contribution < 1.29 is 5.11 Å². The van der Waals surface area contributed by atoms with Crippen molar-refractivity contribution in [1.82, 2.24) is 9.97 Å². The van der Waals surface area contributed by atoms with Gasteiger partial charge < -0.3 is 15.8 Å². The summed E-state index contributed by atoms with van der Waals surface area (Å²) >= 11 is 0. The largest absolute Gasteiger partial charge is 0.393 e. The number of aromatic amines is 1. The first-order valence-corrected chi connectivity index (χ1v) is 4.67. The van der Waals surface area contributed by atoms with Crippen LogP contribution in [0.3, 0.4) is 0 Å². The van der Waals surface area contributed by atoms with Crippen LogP contribution in [0, 0.1) is 0 Å². The Labute approximate surface area is 77.2 Å². The summed E-state index contributed by atoms with van der Waals surface area (Å²) in [5.74, 6) is 0.847. The summed E-state index contributed by atoms with van der Waals surface area (Å²) in [6, 6.07) is 0. The number of aliphatic hydroxyl groups is 1. The molecule has 0 saturated heterocycles. The normalized spacial score (nSPS) is 34.8. The zero-order chi connectivity index (χ0) is 9.31. The topological polar surface area (TPSA) is 74.9 Å². The van der Waals surface area contributed by atoms with Gasteiger partial charge in [0.05, 0.1) is 11.6 Å². The molecule has 0 aromatic carbocycles. The van der Waals surface area contributed by atoms with E-state index in [2.05, 4.69) is 9.97 Å². The summed E-state index contributed by atoms with van der Waals surface area (Å²) in [5, 5.41) is 9.35. The monoisotopic (exact) mass is 181 g/mol. The maximum absolute atomic E-state index is 9.35. The summed E-state index contributed by atoms with van der Waals surface area (Å²) in [6.45, 7) is 0. The lowest BCUT2D eigenvalue weighted by Gasteiger charge is -2.33. The van der Waals surface area contributed by atoms with E-state index in [1.54, 1.807) is 12.4 Å². The molecule has 1 aliphatic rings. The predicted octanol–water partition coefficient (Wildman–Crippen LogP) is 0.499. The van der Waals surface area contributed by atoms with Crippen LogP contribution >= 0.6 is 0 Å². The van der Waals surface area contributed by atoms with Gasteiger partial charge in [-0.15, -0.1) is 0 Å². The van der Waals surface area contributed by atoms with Crippen molar-refractivity contribution in [2.45, 2.75) is 37.3 Å². The van der Waals surface area contributed by atoms with Gasteiger partial charge in [0.15, 0.2) is 0 Å². The van der Waals surface area contributed by atoms with E-state index >= 15 is 0 Å². The smallest absolute Gasteiger partial charge is 0.126 e. The number of hydrogen-bond acceptors (Lipinski definition) is 3. The van der Waals surface area contributed by atoms with Gasteiger partial charge in [-0.2, -0.15) is 0 Å². The molecule has 0 radical (unpaired) electrons. The molecule has 0 spiro atoms. The Balaban J connectivity index is 2.13. The van der Waals surface area contributed by atoms with Crippen molar-refractivity contribution in [1.29, 1.82) is 0 Å². The minimum Gasteiger partial charge on any atom is -0.393 e. The van der Waals surface area contributed by atoms with E-state index in [1.807, 2.05) is 0 Å². The summed E-state index contributed by atoms with van der Waals surface area (Å²) in [5.41, 5.74) is 5.84. The molecule has 1 saturated carbocycles. The highest BCUT2D eigenvalue weighted by atomic mass is 16.3.